The molecule has 0 unspecified atom stereocenters. The monoisotopic (exact) mass is 268 g/mol. The lowest BCUT2D eigenvalue weighted by Crippen LogP contribution is -2.50. The van der Waals surface area contributed by atoms with Gasteiger partial charge in [0, 0.05) is 0 Å². The predicted octanol–water partition coefficient (Wildman–Crippen LogP) is -0.658. The minimum atomic E-state index is -1.42. The number of carbonyl (C=O) groups is 2. The summed E-state index contributed by atoms with van der Waals surface area (Å²) in [6.45, 7) is 1.26. The Balaban J connectivity index is 2.77. The Kier molecular flexibility index (Phi) is 4.85. The molecule has 0 saturated carbocycles. The highest BCUT2D eigenvalue weighted by Gasteiger charge is 2.27. The fourth-order valence-corrected chi connectivity index (χ4v) is 1.46. The van der Waals surface area contributed by atoms with Gasteiger partial charge in [0.15, 0.2) is 6.04 Å². The lowest BCUT2D eigenvalue weighted by molar-refractivity contribution is -0.145. The minimum absolute atomic E-state index is 0.0313. The Morgan fingerprint density at radius 3 is 2.21 bits per heavy atom. The number of hydrogen-bond acceptors (Lipinski definition) is 5. The second-order valence-corrected chi connectivity index (χ2v) is 4.13. The van der Waals surface area contributed by atoms with Crippen LogP contribution in [0, 0.1) is 0 Å². The number of phenolic OH excluding ortho intramolecular Hbond substituents is 1. The molecule has 104 valence electrons. The number of aliphatic carboxylic acids is 1. The number of carbonyl (C=O) groups excluding carboxylic acids is 1. The van der Waals surface area contributed by atoms with Gasteiger partial charge in [-0.05, 0) is 24.6 Å². The van der Waals surface area contributed by atoms with Crippen LogP contribution in [0.5, 0.6) is 5.75 Å². The molecular formula is C12H16N2O5. The Labute approximate surface area is 109 Å². The van der Waals surface area contributed by atoms with Gasteiger partial charge >= 0.3 is 5.97 Å². The summed E-state index contributed by atoms with van der Waals surface area (Å²) in [4.78, 5) is 22.6. The summed E-state index contributed by atoms with van der Waals surface area (Å²) in [5, 5.41) is 29.4. The van der Waals surface area contributed by atoms with Gasteiger partial charge in [0.25, 0.3) is 0 Å². The molecule has 0 aromatic heterocycles. The molecule has 7 nitrogen and oxygen atoms in total. The van der Waals surface area contributed by atoms with E-state index in [1.54, 1.807) is 0 Å². The van der Waals surface area contributed by atoms with Gasteiger partial charge in [-0.25, -0.2) is 4.79 Å². The first kappa shape index (κ1) is 14.9. The molecule has 0 spiro atoms. The molecule has 7 heteroatoms. The van der Waals surface area contributed by atoms with E-state index >= 15 is 0 Å². The van der Waals surface area contributed by atoms with Gasteiger partial charge < -0.3 is 26.4 Å². The van der Waals surface area contributed by atoms with Crippen molar-refractivity contribution in [3.63, 3.8) is 0 Å². The molecule has 0 fully saturated rings. The van der Waals surface area contributed by atoms with Crippen LogP contribution in [0.1, 0.15) is 18.5 Å². The number of hydrogen-bond donors (Lipinski definition) is 5. The van der Waals surface area contributed by atoms with Gasteiger partial charge in [-0.3, -0.25) is 4.79 Å². The largest absolute Gasteiger partial charge is 0.508 e. The van der Waals surface area contributed by atoms with Crippen molar-refractivity contribution in [2.24, 2.45) is 5.73 Å². The number of carboxylic acids is 1. The van der Waals surface area contributed by atoms with E-state index in [1.807, 2.05) is 0 Å². The number of carboxylic acid groups (broad SMARTS) is 1. The summed E-state index contributed by atoms with van der Waals surface area (Å²) in [6.07, 6.45) is -1.24. The quantitative estimate of drug-likeness (QED) is 0.481. The van der Waals surface area contributed by atoms with Gasteiger partial charge in [-0.2, -0.15) is 0 Å². The number of phenols is 1. The molecule has 3 atom stereocenters. The van der Waals surface area contributed by atoms with Gasteiger partial charge in [0.1, 0.15) is 11.8 Å². The van der Waals surface area contributed by atoms with Crippen LogP contribution >= 0.6 is 0 Å². The molecule has 0 bridgehead atoms. The summed E-state index contributed by atoms with van der Waals surface area (Å²) >= 11 is 0. The van der Waals surface area contributed by atoms with Gasteiger partial charge in [0.2, 0.25) is 5.91 Å². The summed E-state index contributed by atoms with van der Waals surface area (Å²) < 4.78 is 0. The maximum Gasteiger partial charge on any atom is 0.328 e. The summed E-state index contributed by atoms with van der Waals surface area (Å²) in [5.74, 6) is -2.04. The van der Waals surface area contributed by atoms with Crippen molar-refractivity contribution in [1.82, 2.24) is 5.32 Å². The third-order valence-electron chi connectivity index (χ3n) is 2.58. The summed E-state index contributed by atoms with van der Waals surface area (Å²) in [6, 6.07) is 3.14. The number of nitrogens with two attached hydrogens (primary N) is 1. The van der Waals surface area contributed by atoms with Gasteiger partial charge in [-0.15, -0.1) is 0 Å². The number of amides is 1. The smallest absolute Gasteiger partial charge is 0.328 e. The molecule has 0 aliphatic rings. The molecule has 0 saturated heterocycles. The topological polar surface area (TPSA) is 133 Å². The summed E-state index contributed by atoms with van der Waals surface area (Å²) in [5.41, 5.74) is 6.09. The van der Waals surface area contributed by atoms with Crippen LogP contribution in [0.3, 0.4) is 0 Å². The Morgan fingerprint density at radius 1 is 1.26 bits per heavy atom. The zero-order valence-corrected chi connectivity index (χ0v) is 10.3. The van der Waals surface area contributed by atoms with E-state index in [0.29, 0.717) is 5.56 Å². The van der Waals surface area contributed by atoms with E-state index in [4.69, 9.17) is 15.9 Å². The number of rotatable bonds is 5. The van der Waals surface area contributed by atoms with Crippen LogP contribution in [0.2, 0.25) is 0 Å². The lowest BCUT2D eigenvalue weighted by atomic mass is 10.1. The standard InChI is InChI=1S/C12H16N2O5/c1-6(15)10(12(18)19)14-11(17)9(13)7-2-4-8(16)5-3-7/h2-6,9-10,15-16H,13H2,1H3,(H,14,17)(H,18,19)/t6-,9-,10+/m1/s1. The first-order valence-electron chi connectivity index (χ1n) is 5.58. The number of aliphatic hydroxyl groups excluding tert-OH is 1. The molecular weight excluding hydrogens is 252 g/mol. The second kappa shape index (κ2) is 6.17. The Hall–Kier alpha value is -2.12. The number of nitrogens with one attached hydrogen (secondary N) is 1. The van der Waals surface area contributed by atoms with Gasteiger partial charge in [-0.1, -0.05) is 12.1 Å². The van der Waals surface area contributed by atoms with Crippen LogP contribution in [0.4, 0.5) is 0 Å². The molecule has 0 aliphatic carbocycles. The lowest BCUT2D eigenvalue weighted by Gasteiger charge is -2.19. The first-order chi connectivity index (χ1) is 8.82. The van der Waals surface area contributed by atoms with Crippen LogP contribution in [-0.4, -0.2) is 39.3 Å². The van der Waals surface area contributed by atoms with Crippen molar-refractivity contribution in [2.75, 3.05) is 0 Å². The van der Waals surface area contributed by atoms with Gasteiger partial charge in [0.05, 0.1) is 6.10 Å². The van der Waals surface area contributed by atoms with E-state index in [9.17, 15) is 14.7 Å². The average molecular weight is 268 g/mol. The Morgan fingerprint density at radius 2 is 1.79 bits per heavy atom. The first-order valence-corrected chi connectivity index (χ1v) is 5.58. The van der Waals surface area contributed by atoms with E-state index in [-0.39, 0.29) is 5.75 Å². The highest BCUT2D eigenvalue weighted by molar-refractivity contribution is 5.87. The fourth-order valence-electron chi connectivity index (χ4n) is 1.46. The van der Waals surface area contributed by atoms with Crippen LogP contribution in [0.25, 0.3) is 0 Å². The highest BCUT2D eigenvalue weighted by Crippen LogP contribution is 2.15. The molecule has 6 N–H and O–H groups in total. The maximum atomic E-state index is 11.8. The third-order valence-corrected chi connectivity index (χ3v) is 2.58. The minimum Gasteiger partial charge on any atom is -0.508 e. The highest BCUT2D eigenvalue weighted by atomic mass is 16.4. The number of benzene rings is 1. The molecule has 1 aromatic rings. The van der Waals surface area contributed by atoms with Crippen LogP contribution in [0.15, 0.2) is 24.3 Å². The van der Waals surface area contributed by atoms with Crippen molar-refractivity contribution < 1.29 is 24.9 Å². The SMILES string of the molecule is C[C@@H](O)[C@H](NC(=O)[C@H](N)c1ccc(O)cc1)C(=O)O. The second-order valence-electron chi connectivity index (χ2n) is 4.13. The van der Waals surface area contributed by atoms with Crippen molar-refractivity contribution >= 4 is 11.9 Å². The molecule has 1 aromatic carbocycles. The van der Waals surface area contributed by atoms with Crippen LogP contribution < -0.4 is 11.1 Å². The van der Waals surface area contributed by atoms with E-state index in [2.05, 4.69) is 5.32 Å². The van der Waals surface area contributed by atoms with E-state index in [0.717, 1.165) is 0 Å². The maximum absolute atomic E-state index is 11.8. The van der Waals surface area contributed by atoms with Crippen molar-refractivity contribution in [3.8, 4) is 5.75 Å². The summed E-state index contributed by atoms with van der Waals surface area (Å²) in [7, 11) is 0. The zero-order valence-electron chi connectivity index (χ0n) is 10.3. The van der Waals surface area contributed by atoms with Crippen molar-refractivity contribution in [3.05, 3.63) is 29.8 Å². The fraction of sp³-hybridized carbons (Fsp3) is 0.333. The average Bonchev–Trinajstić information content (AvgIpc) is 2.34. The molecule has 0 aliphatic heterocycles. The molecule has 1 rings (SSSR count). The van der Waals surface area contributed by atoms with Crippen molar-refractivity contribution in [1.29, 1.82) is 0 Å². The number of aromatic hydroxyl groups is 1. The molecule has 1 amide bonds. The zero-order chi connectivity index (χ0) is 14.6. The third kappa shape index (κ3) is 3.94. The Bertz CT molecular complexity index is 458. The van der Waals surface area contributed by atoms with Crippen LogP contribution in [-0.2, 0) is 9.59 Å². The number of aliphatic hydroxyl groups is 1. The normalized spacial score (nSPS) is 15.3. The van der Waals surface area contributed by atoms with Crippen molar-refractivity contribution in [2.45, 2.75) is 25.1 Å². The molecule has 0 heterocycles. The predicted molar refractivity (Wildman–Crippen MR) is 66.3 cm³/mol. The van der Waals surface area contributed by atoms with E-state index < -0.39 is 30.1 Å². The molecule has 19 heavy (non-hydrogen) atoms. The molecule has 0 radical (unpaired) electrons. The van der Waals surface area contributed by atoms with E-state index in [1.165, 1.54) is 31.2 Å².